The van der Waals surface area contributed by atoms with Crippen molar-refractivity contribution >= 4 is 0 Å². The largest absolute Gasteiger partial charge is 0.508 e. The second-order valence-corrected chi connectivity index (χ2v) is 11.2. The molecule has 0 radical (unpaired) electrons. The molecule has 4 N–H and O–H groups in total. The van der Waals surface area contributed by atoms with E-state index in [4.69, 9.17) is 0 Å². The Labute approximate surface area is 242 Å². The number of benzene rings is 5. The lowest BCUT2D eigenvalue weighted by Gasteiger charge is -2.32. The van der Waals surface area contributed by atoms with Gasteiger partial charge in [0.15, 0.2) is 0 Å². The molecule has 210 valence electrons. The maximum absolute atomic E-state index is 9.63. The summed E-state index contributed by atoms with van der Waals surface area (Å²) < 4.78 is 0. The molecule has 0 unspecified atom stereocenters. The number of aromatic hydroxyl groups is 4. The fraction of sp³-hybridized carbons (Fsp3) is 0.189. The van der Waals surface area contributed by atoms with Gasteiger partial charge in [0.2, 0.25) is 0 Å². The second kappa shape index (κ2) is 11.8. The zero-order valence-electron chi connectivity index (χ0n) is 24.3. The van der Waals surface area contributed by atoms with Gasteiger partial charge in [-0.15, -0.1) is 0 Å². The molecule has 0 heterocycles. The van der Waals surface area contributed by atoms with Crippen LogP contribution in [0.5, 0.6) is 23.0 Å². The summed E-state index contributed by atoms with van der Waals surface area (Å²) in [5.41, 5.74) is 6.85. The first-order valence-electron chi connectivity index (χ1n) is 13.7. The van der Waals surface area contributed by atoms with E-state index in [1.54, 1.807) is 36.4 Å². The molecule has 5 aromatic rings. The number of hydrogen-bond acceptors (Lipinski definition) is 4. The number of rotatable bonds is 5. The Bertz CT molecular complexity index is 1500. The summed E-state index contributed by atoms with van der Waals surface area (Å²) in [7, 11) is 0. The predicted molar refractivity (Wildman–Crippen MR) is 166 cm³/mol. The minimum atomic E-state index is -0.358. The normalized spacial score (nSPS) is 11.4. The summed E-state index contributed by atoms with van der Waals surface area (Å²) in [5.74, 6) is 1.15. The molecule has 0 aliphatic carbocycles. The van der Waals surface area contributed by atoms with Crippen molar-refractivity contribution in [3.8, 4) is 23.0 Å². The molecule has 0 aromatic heterocycles. The first kappa shape index (κ1) is 29.3. The Hall–Kier alpha value is -4.70. The van der Waals surface area contributed by atoms with Crippen molar-refractivity contribution in [1.82, 2.24) is 0 Å². The molecule has 5 rings (SSSR count). The van der Waals surface area contributed by atoms with Crippen LogP contribution in [-0.2, 0) is 10.8 Å². The lowest BCUT2D eigenvalue weighted by molar-refractivity contribution is 0.469. The first-order chi connectivity index (χ1) is 19.4. The topological polar surface area (TPSA) is 80.9 Å². The van der Waals surface area contributed by atoms with Crippen LogP contribution in [0.15, 0.2) is 115 Å². The Morgan fingerprint density at radius 2 is 0.756 bits per heavy atom. The van der Waals surface area contributed by atoms with Gasteiger partial charge in [-0.3, -0.25) is 0 Å². The first-order valence-corrected chi connectivity index (χ1v) is 13.7. The van der Waals surface area contributed by atoms with Crippen LogP contribution >= 0.6 is 0 Å². The summed E-state index contributed by atoms with van der Waals surface area (Å²) in [6.07, 6.45) is 0. The molecule has 0 amide bonds. The quantitative estimate of drug-likeness (QED) is 0.167. The van der Waals surface area contributed by atoms with Crippen LogP contribution < -0.4 is 0 Å². The molecule has 0 saturated carbocycles. The fourth-order valence-electron chi connectivity index (χ4n) is 5.12. The zero-order chi connectivity index (χ0) is 29.8. The van der Waals surface area contributed by atoms with Gasteiger partial charge in [-0.05, 0) is 96.1 Å². The summed E-state index contributed by atoms with van der Waals surface area (Å²) >= 11 is 0. The number of phenolic OH excluding ortho intramolecular Hbond substituents is 4. The van der Waals surface area contributed by atoms with Gasteiger partial charge >= 0.3 is 0 Å². The maximum atomic E-state index is 9.63. The Morgan fingerprint density at radius 3 is 1.12 bits per heavy atom. The van der Waals surface area contributed by atoms with E-state index in [9.17, 15) is 20.4 Å². The fourth-order valence-corrected chi connectivity index (χ4v) is 5.12. The van der Waals surface area contributed by atoms with Gasteiger partial charge in [0.25, 0.3) is 0 Å². The van der Waals surface area contributed by atoms with Crippen LogP contribution in [0.3, 0.4) is 0 Å². The molecule has 4 heteroatoms. The average molecular weight is 547 g/mol. The zero-order valence-corrected chi connectivity index (χ0v) is 24.3. The summed E-state index contributed by atoms with van der Waals surface area (Å²) in [6, 6.07) is 36.2. The van der Waals surface area contributed by atoms with Gasteiger partial charge < -0.3 is 20.4 Å². The Kier molecular flexibility index (Phi) is 8.44. The second-order valence-electron chi connectivity index (χ2n) is 11.2. The SMILES string of the molecule is CC(c1ccccc1)(c1ccc(O)cc1)c1ccc(O)cc1.Cc1cc(C(C)(C)c2ccc(O)c(C)c2)ccc1O. The standard InChI is InChI=1S/C20H18O2.C17H20O2/c1-20(15-5-3-2-4-6-15,16-7-11-18(21)12-8-16)17-9-13-19(22)14-10-17;1-11-9-13(5-7-15(11)18)17(3,4)14-6-8-16(19)12(2)10-14/h2-14,21-22H,1H3;5-10,18-19H,1-4H3. The highest BCUT2D eigenvalue weighted by atomic mass is 16.3. The van der Waals surface area contributed by atoms with Gasteiger partial charge in [0.05, 0.1) is 0 Å². The molecule has 5 aromatic carbocycles. The molecule has 0 fully saturated rings. The van der Waals surface area contributed by atoms with Crippen LogP contribution in [0, 0.1) is 13.8 Å². The van der Waals surface area contributed by atoms with Crippen LogP contribution in [-0.4, -0.2) is 20.4 Å². The van der Waals surface area contributed by atoms with E-state index < -0.39 is 0 Å². The molecule has 0 aliphatic rings. The minimum Gasteiger partial charge on any atom is -0.508 e. The lowest BCUT2D eigenvalue weighted by atomic mass is 9.71. The van der Waals surface area contributed by atoms with Gasteiger partial charge in [0.1, 0.15) is 23.0 Å². The summed E-state index contributed by atoms with van der Waals surface area (Å²) in [4.78, 5) is 0. The third-order valence-corrected chi connectivity index (χ3v) is 8.08. The minimum absolute atomic E-state index is 0.170. The van der Waals surface area contributed by atoms with Crippen LogP contribution in [0.1, 0.15) is 59.7 Å². The van der Waals surface area contributed by atoms with Crippen molar-refractivity contribution in [1.29, 1.82) is 0 Å². The van der Waals surface area contributed by atoms with E-state index in [1.807, 2.05) is 80.6 Å². The molecular weight excluding hydrogens is 508 g/mol. The van der Waals surface area contributed by atoms with Gasteiger partial charge in [-0.25, -0.2) is 0 Å². The van der Waals surface area contributed by atoms with Crippen molar-refractivity contribution in [3.05, 3.63) is 154 Å². The predicted octanol–water partition coefficient (Wildman–Crippen LogP) is 8.49. The summed E-state index contributed by atoms with van der Waals surface area (Å²) in [6.45, 7) is 10.2. The van der Waals surface area contributed by atoms with Gasteiger partial charge in [-0.2, -0.15) is 0 Å². The van der Waals surface area contributed by atoms with E-state index in [0.29, 0.717) is 11.5 Å². The molecule has 4 nitrogen and oxygen atoms in total. The molecular formula is C37H38O4. The van der Waals surface area contributed by atoms with Crippen molar-refractivity contribution in [2.75, 3.05) is 0 Å². The molecule has 0 atom stereocenters. The van der Waals surface area contributed by atoms with Crippen LogP contribution in [0.4, 0.5) is 0 Å². The molecule has 0 aliphatic heterocycles. The van der Waals surface area contributed by atoms with Crippen LogP contribution in [0.2, 0.25) is 0 Å². The van der Waals surface area contributed by atoms with Crippen molar-refractivity contribution < 1.29 is 20.4 Å². The van der Waals surface area contributed by atoms with E-state index in [0.717, 1.165) is 38.9 Å². The molecule has 41 heavy (non-hydrogen) atoms. The van der Waals surface area contributed by atoms with Gasteiger partial charge in [-0.1, -0.05) is 92.7 Å². The average Bonchev–Trinajstić information content (AvgIpc) is 2.97. The third-order valence-electron chi connectivity index (χ3n) is 8.08. The Morgan fingerprint density at radius 1 is 0.415 bits per heavy atom. The van der Waals surface area contributed by atoms with Gasteiger partial charge in [0, 0.05) is 10.8 Å². The highest BCUT2D eigenvalue weighted by Crippen LogP contribution is 2.40. The van der Waals surface area contributed by atoms with E-state index in [2.05, 4.69) is 32.9 Å². The maximum Gasteiger partial charge on any atom is 0.118 e. The summed E-state index contributed by atoms with van der Waals surface area (Å²) in [5, 5.41) is 38.4. The third kappa shape index (κ3) is 6.22. The highest BCUT2D eigenvalue weighted by Gasteiger charge is 2.31. The van der Waals surface area contributed by atoms with Crippen LogP contribution in [0.25, 0.3) is 0 Å². The van der Waals surface area contributed by atoms with E-state index >= 15 is 0 Å². The monoisotopic (exact) mass is 546 g/mol. The number of aryl methyl sites for hydroxylation is 2. The molecule has 0 bridgehead atoms. The Balaban J connectivity index is 0.000000191. The van der Waals surface area contributed by atoms with Crippen molar-refractivity contribution in [3.63, 3.8) is 0 Å². The number of hydrogen-bond donors (Lipinski definition) is 4. The molecule has 0 saturated heterocycles. The van der Waals surface area contributed by atoms with Crippen molar-refractivity contribution in [2.45, 2.75) is 45.4 Å². The number of phenols is 4. The lowest BCUT2D eigenvalue weighted by Crippen LogP contribution is -2.25. The highest BCUT2D eigenvalue weighted by molar-refractivity contribution is 5.51. The van der Waals surface area contributed by atoms with E-state index in [1.165, 1.54) is 0 Å². The molecule has 0 spiro atoms. The van der Waals surface area contributed by atoms with E-state index in [-0.39, 0.29) is 22.3 Å². The smallest absolute Gasteiger partial charge is 0.118 e. The van der Waals surface area contributed by atoms with Crippen molar-refractivity contribution in [2.24, 2.45) is 0 Å².